The molecule has 1 amide bonds. The van der Waals surface area contributed by atoms with Crippen molar-refractivity contribution in [2.75, 3.05) is 6.26 Å². The molecule has 1 rings (SSSR count). The van der Waals surface area contributed by atoms with E-state index in [2.05, 4.69) is 5.32 Å². The number of thioether (sulfide) groups is 1. The standard InChI is InChI=1S/C13H18FNOS/c1-9(17-4)12(16)15-13(2,3)10-6-5-7-11(14)8-10/h5-9H,1-4H3,(H,15,16)/t9-/m0/s1. The summed E-state index contributed by atoms with van der Waals surface area (Å²) in [5.41, 5.74) is 0.197. The highest BCUT2D eigenvalue weighted by molar-refractivity contribution is 7.99. The van der Waals surface area contributed by atoms with Crippen molar-refractivity contribution in [2.24, 2.45) is 0 Å². The van der Waals surface area contributed by atoms with Crippen LogP contribution in [0.1, 0.15) is 26.3 Å². The number of nitrogens with one attached hydrogen (secondary N) is 1. The van der Waals surface area contributed by atoms with Gasteiger partial charge in [-0.3, -0.25) is 4.79 Å². The molecule has 0 bridgehead atoms. The molecule has 2 nitrogen and oxygen atoms in total. The molecule has 0 aliphatic rings. The van der Waals surface area contributed by atoms with Crippen molar-refractivity contribution >= 4 is 17.7 Å². The largest absolute Gasteiger partial charge is 0.346 e. The normalized spacial score (nSPS) is 13.2. The molecule has 0 unspecified atom stereocenters. The van der Waals surface area contributed by atoms with Crippen molar-refractivity contribution in [3.8, 4) is 0 Å². The number of hydrogen-bond acceptors (Lipinski definition) is 2. The second-order valence-electron chi connectivity index (χ2n) is 4.50. The molecule has 0 fully saturated rings. The molecule has 0 aromatic heterocycles. The van der Waals surface area contributed by atoms with Gasteiger partial charge in [-0.05, 0) is 44.7 Å². The van der Waals surface area contributed by atoms with Crippen molar-refractivity contribution in [3.63, 3.8) is 0 Å². The number of carbonyl (C=O) groups is 1. The Labute approximate surface area is 106 Å². The first kappa shape index (κ1) is 14.0. The van der Waals surface area contributed by atoms with Crippen LogP contribution in [0.3, 0.4) is 0 Å². The first-order valence-corrected chi connectivity index (χ1v) is 6.76. The van der Waals surface area contributed by atoms with E-state index < -0.39 is 5.54 Å². The predicted octanol–water partition coefficient (Wildman–Crippen LogP) is 2.93. The number of amides is 1. The van der Waals surface area contributed by atoms with Crippen LogP contribution in [0.25, 0.3) is 0 Å². The molecule has 0 aliphatic carbocycles. The molecule has 0 spiro atoms. The van der Waals surface area contributed by atoms with Gasteiger partial charge in [-0.25, -0.2) is 4.39 Å². The van der Waals surface area contributed by atoms with E-state index in [4.69, 9.17) is 0 Å². The molecule has 1 aromatic rings. The minimum Gasteiger partial charge on any atom is -0.346 e. The van der Waals surface area contributed by atoms with E-state index in [1.165, 1.54) is 23.9 Å². The molecule has 94 valence electrons. The maximum absolute atomic E-state index is 13.1. The molecule has 1 aromatic carbocycles. The second-order valence-corrected chi connectivity index (χ2v) is 5.68. The molecule has 0 aliphatic heterocycles. The number of hydrogen-bond donors (Lipinski definition) is 1. The van der Waals surface area contributed by atoms with Gasteiger partial charge in [0.2, 0.25) is 5.91 Å². The van der Waals surface area contributed by atoms with Crippen LogP contribution >= 0.6 is 11.8 Å². The Morgan fingerprint density at radius 2 is 2.12 bits per heavy atom. The Balaban J connectivity index is 2.85. The van der Waals surface area contributed by atoms with Gasteiger partial charge < -0.3 is 5.32 Å². The lowest BCUT2D eigenvalue weighted by molar-refractivity contribution is -0.122. The van der Waals surface area contributed by atoms with Gasteiger partial charge in [0.1, 0.15) is 5.82 Å². The fourth-order valence-corrected chi connectivity index (χ4v) is 1.74. The van der Waals surface area contributed by atoms with Crippen LogP contribution in [-0.2, 0) is 10.3 Å². The van der Waals surface area contributed by atoms with Crippen LogP contribution in [0.2, 0.25) is 0 Å². The van der Waals surface area contributed by atoms with Gasteiger partial charge in [0.25, 0.3) is 0 Å². The van der Waals surface area contributed by atoms with Crippen LogP contribution < -0.4 is 5.32 Å². The fraction of sp³-hybridized carbons (Fsp3) is 0.462. The van der Waals surface area contributed by atoms with Gasteiger partial charge in [-0.1, -0.05) is 12.1 Å². The molecule has 0 heterocycles. The fourth-order valence-electron chi connectivity index (χ4n) is 1.47. The average Bonchev–Trinajstić information content (AvgIpc) is 2.27. The zero-order chi connectivity index (χ0) is 13.1. The summed E-state index contributed by atoms with van der Waals surface area (Å²) in [5.74, 6) is -0.325. The summed E-state index contributed by atoms with van der Waals surface area (Å²) >= 11 is 1.49. The van der Waals surface area contributed by atoms with Gasteiger partial charge in [0.15, 0.2) is 0 Å². The number of benzene rings is 1. The lowest BCUT2D eigenvalue weighted by Gasteiger charge is -2.28. The number of rotatable bonds is 4. The highest BCUT2D eigenvalue weighted by Gasteiger charge is 2.25. The van der Waals surface area contributed by atoms with Crippen molar-refractivity contribution in [2.45, 2.75) is 31.6 Å². The van der Waals surface area contributed by atoms with Gasteiger partial charge >= 0.3 is 0 Å². The molecule has 1 N–H and O–H groups in total. The van der Waals surface area contributed by atoms with Crippen LogP contribution in [-0.4, -0.2) is 17.4 Å². The lowest BCUT2D eigenvalue weighted by Crippen LogP contribution is -2.44. The van der Waals surface area contributed by atoms with E-state index in [1.54, 1.807) is 6.07 Å². The Hall–Kier alpha value is -1.03. The Morgan fingerprint density at radius 3 is 2.65 bits per heavy atom. The summed E-state index contributed by atoms with van der Waals surface area (Å²) in [6.45, 7) is 5.58. The topological polar surface area (TPSA) is 29.1 Å². The Morgan fingerprint density at radius 1 is 1.47 bits per heavy atom. The zero-order valence-electron chi connectivity index (χ0n) is 10.6. The van der Waals surface area contributed by atoms with Gasteiger partial charge in [-0.2, -0.15) is 11.8 Å². The first-order valence-electron chi connectivity index (χ1n) is 5.47. The zero-order valence-corrected chi connectivity index (χ0v) is 11.4. The molecule has 0 radical (unpaired) electrons. The van der Waals surface area contributed by atoms with Gasteiger partial charge in [0.05, 0.1) is 10.8 Å². The lowest BCUT2D eigenvalue weighted by atomic mass is 9.94. The highest BCUT2D eigenvalue weighted by atomic mass is 32.2. The summed E-state index contributed by atoms with van der Waals surface area (Å²) in [6.07, 6.45) is 1.89. The molecule has 0 saturated heterocycles. The number of halogens is 1. The molecule has 0 saturated carbocycles. The van der Waals surface area contributed by atoms with Crippen LogP contribution in [0.15, 0.2) is 24.3 Å². The molecule has 1 atom stereocenters. The van der Waals surface area contributed by atoms with E-state index in [0.29, 0.717) is 0 Å². The van der Waals surface area contributed by atoms with Crippen molar-refractivity contribution < 1.29 is 9.18 Å². The SMILES string of the molecule is CS[C@@H](C)C(=O)NC(C)(C)c1cccc(F)c1. The van der Waals surface area contributed by atoms with Crippen LogP contribution in [0.4, 0.5) is 4.39 Å². The maximum Gasteiger partial charge on any atom is 0.233 e. The van der Waals surface area contributed by atoms with E-state index in [-0.39, 0.29) is 17.0 Å². The monoisotopic (exact) mass is 255 g/mol. The molecular weight excluding hydrogens is 237 g/mol. The summed E-state index contributed by atoms with van der Waals surface area (Å²) in [5, 5.41) is 2.82. The highest BCUT2D eigenvalue weighted by Crippen LogP contribution is 2.21. The third-order valence-electron chi connectivity index (χ3n) is 2.70. The summed E-state index contributed by atoms with van der Waals surface area (Å²) < 4.78 is 13.1. The van der Waals surface area contributed by atoms with E-state index in [0.717, 1.165) is 5.56 Å². The third-order valence-corrected chi connectivity index (χ3v) is 3.63. The Bertz CT molecular complexity index is 406. The van der Waals surface area contributed by atoms with Crippen molar-refractivity contribution in [1.82, 2.24) is 5.32 Å². The molecular formula is C13H18FNOS. The first-order chi connectivity index (χ1) is 7.86. The molecule has 17 heavy (non-hydrogen) atoms. The van der Waals surface area contributed by atoms with E-state index in [9.17, 15) is 9.18 Å². The number of carbonyl (C=O) groups excluding carboxylic acids is 1. The minimum absolute atomic E-state index is 0.0354. The summed E-state index contributed by atoms with van der Waals surface area (Å²) in [7, 11) is 0. The average molecular weight is 255 g/mol. The van der Waals surface area contributed by atoms with E-state index >= 15 is 0 Å². The van der Waals surface area contributed by atoms with Crippen molar-refractivity contribution in [1.29, 1.82) is 0 Å². The summed E-state index contributed by atoms with van der Waals surface area (Å²) in [6, 6.07) is 6.31. The van der Waals surface area contributed by atoms with Gasteiger partial charge in [0, 0.05) is 0 Å². The predicted molar refractivity (Wildman–Crippen MR) is 70.5 cm³/mol. The van der Waals surface area contributed by atoms with E-state index in [1.807, 2.05) is 33.1 Å². The third kappa shape index (κ3) is 3.73. The van der Waals surface area contributed by atoms with Crippen molar-refractivity contribution in [3.05, 3.63) is 35.6 Å². The molecule has 4 heteroatoms. The van der Waals surface area contributed by atoms with Gasteiger partial charge in [-0.15, -0.1) is 0 Å². The second kappa shape index (κ2) is 5.54. The quantitative estimate of drug-likeness (QED) is 0.896. The van der Waals surface area contributed by atoms with Crippen LogP contribution in [0, 0.1) is 5.82 Å². The maximum atomic E-state index is 13.1. The Kier molecular flexibility index (Phi) is 4.57. The minimum atomic E-state index is -0.566. The smallest absolute Gasteiger partial charge is 0.233 e. The summed E-state index contributed by atoms with van der Waals surface area (Å²) in [4.78, 5) is 11.8. The van der Waals surface area contributed by atoms with Crippen LogP contribution in [0.5, 0.6) is 0 Å².